The van der Waals surface area contributed by atoms with Crippen molar-refractivity contribution in [1.82, 2.24) is 0 Å². The first-order chi connectivity index (χ1) is 9.19. The van der Waals surface area contributed by atoms with Gasteiger partial charge in [0.1, 0.15) is 0 Å². The molecule has 0 unspecified atom stereocenters. The standard InChI is InChI=1S/C18H20S/c1-5-9-15(10-6-2)13(3)18-14(4)16-11-7-8-12-17(16)19-18/h5,7-12H,4,6H2,1-3H3/b9-5-,15-10+,18-13-. The lowest BCUT2D eigenvalue weighted by Gasteiger charge is -2.01. The molecule has 0 fully saturated rings. The maximum atomic E-state index is 4.27. The van der Waals surface area contributed by atoms with Crippen LogP contribution in [-0.2, 0) is 0 Å². The van der Waals surface area contributed by atoms with Gasteiger partial charge in [0.15, 0.2) is 0 Å². The molecular weight excluding hydrogens is 248 g/mol. The molecule has 0 aliphatic rings. The number of allylic oxidation sites excluding steroid dienone is 4. The van der Waals surface area contributed by atoms with E-state index < -0.39 is 0 Å². The molecule has 0 N–H and O–H groups in total. The van der Waals surface area contributed by atoms with E-state index in [1.54, 1.807) is 0 Å². The second-order valence-corrected chi connectivity index (χ2v) is 5.65. The van der Waals surface area contributed by atoms with E-state index in [2.05, 4.69) is 69.8 Å². The second kappa shape index (κ2) is 6.03. The van der Waals surface area contributed by atoms with Crippen molar-refractivity contribution in [3.8, 4) is 0 Å². The van der Waals surface area contributed by atoms with E-state index >= 15 is 0 Å². The van der Waals surface area contributed by atoms with E-state index in [1.165, 1.54) is 25.8 Å². The van der Waals surface area contributed by atoms with Gasteiger partial charge in [0, 0.05) is 9.23 Å². The Labute approximate surface area is 119 Å². The molecule has 0 saturated carbocycles. The van der Waals surface area contributed by atoms with Gasteiger partial charge < -0.3 is 0 Å². The van der Waals surface area contributed by atoms with Gasteiger partial charge >= 0.3 is 0 Å². The van der Waals surface area contributed by atoms with Crippen molar-refractivity contribution in [2.75, 3.05) is 0 Å². The van der Waals surface area contributed by atoms with E-state index in [9.17, 15) is 0 Å². The van der Waals surface area contributed by atoms with Gasteiger partial charge in [-0.15, -0.1) is 11.3 Å². The summed E-state index contributed by atoms with van der Waals surface area (Å²) >= 11 is 1.84. The summed E-state index contributed by atoms with van der Waals surface area (Å²) < 4.78 is 2.62. The highest BCUT2D eigenvalue weighted by atomic mass is 32.1. The van der Waals surface area contributed by atoms with Crippen molar-refractivity contribution in [2.45, 2.75) is 27.2 Å². The summed E-state index contributed by atoms with van der Waals surface area (Å²) in [5.74, 6) is 0. The number of rotatable bonds is 3. The Morgan fingerprint density at radius 3 is 2.68 bits per heavy atom. The van der Waals surface area contributed by atoms with Crippen LogP contribution in [0.1, 0.15) is 27.2 Å². The molecule has 1 aromatic carbocycles. The molecule has 0 radical (unpaired) electrons. The van der Waals surface area contributed by atoms with Gasteiger partial charge in [0.05, 0.1) is 0 Å². The van der Waals surface area contributed by atoms with Gasteiger partial charge in [-0.3, -0.25) is 0 Å². The van der Waals surface area contributed by atoms with Gasteiger partial charge in [0.2, 0.25) is 0 Å². The van der Waals surface area contributed by atoms with Crippen molar-refractivity contribution in [3.63, 3.8) is 0 Å². The van der Waals surface area contributed by atoms with Crippen LogP contribution in [0, 0.1) is 0 Å². The molecule has 1 aromatic heterocycles. The van der Waals surface area contributed by atoms with Gasteiger partial charge in [0.25, 0.3) is 0 Å². The second-order valence-electron chi connectivity index (χ2n) is 4.60. The molecule has 19 heavy (non-hydrogen) atoms. The Kier molecular flexibility index (Phi) is 4.39. The minimum Gasteiger partial charge on any atom is -0.135 e. The zero-order valence-corrected chi connectivity index (χ0v) is 12.7. The van der Waals surface area contributed by atoms with Crippen molar-refractivity contribution in [3.05, 3.63) is 57.8 Å². The van der Waals surface area contributed by atoms with Crippen LogP contribution >= 0.6 is 11.3 Å². The molecule has 1 heteroatoms. The largest absolute Gasteiger partial charge is 0.135 e. The maximum Gasteiger partial charge on any atom is 0.0384 e. The number of thiophene rings is 1. The minimum atomic E-state index is 1.05. The van der Waals surface area contributed by atoms with Crippen LogP contribution in [-0.4, -0.2) is 0 Å². The normalized spacial score (nSPS) is 14.4. The third-order valence-electron chi connectivity index (χ3n) is 3.24. The fourth-order valence-electron chi connectivity index (χ4n) is 2.28. The molecule has 2 aromatic rings. The van der Waals surface area contributed by atoms with E-state index in [-0.39, 0.29) is 0 Å². The predicted octanol–water partition coefficient (Wildman–Crippen LogP) is 4.39. The molecule has 0 aliphatic heterocycles. The molecule has 0 amide bonds. The van der Waals surface area contributed by atoms with E-state index in [0.717, 1.165) is 11.6 Å². The summed E-state index contributed by atoms with van der Waals surface area (Å²) in [6.45, 7) is 10.7. The van der Waals surface area contributed by atoms with Crippen LogP contribution in [0.25, 0.3) is 22.2 Å². The molecule has 2 rings (SSSR count). The highest BCUT2D eigenvalue weighted by Gasteiger charge is 2.03. The average molecular weight is 268 g/mol. The Morgan fingerprint density at radius 1 is 1.32 bits per heavy atom. The lowest BCUT2D eigenvalue weighted by atomic mass is 10.1. The van der Waals surface area contributed by atoms with Crippen LogP contribution < -0.4 is 9.75 Å². The third-order valence-corrected chi connectivity index (χ3v) is 4.57. The lowest BCUT2D eigenvalue weighted by molar-refractivity contribution is 1.21. The fraction of sp³-hybridized carbons (Fsp3) is 0.222. The van der Waals surface area contributed by atoms with E-state index in [1.807, 2.05) is 11.3 Å². The summed E-state index contributed by atoms with van der Waals surface area (Å²) in [6, 6.07) is 8.50. The Balaban J connectivity index is 2.77. The topological polar surface area (TPSA) is 0 Å². The quantitative estimate of drug-likeness (QED) is 0.724. The van der Waals surface area contributed by atoms with Crippen LogP contribution in [0.2, 0.25) is 0 Å². The first-order valence-corrected chi connectivity index (χ1v) is 7.51. The minimum absolute atomic E-state index is 1.05. The smallest absolute Gasteiger partial charge is 0.0384 e. The van der Waals surface area contributed by atoms with Gasteiger partial charge in [-0.1, -0.05) is 49.9 Å². The molecule has 0 spiro atoms. The highest BCUT2D eigenvalue weighted by Crippen LogP contribution is 2.16. The first kappa shape index (κ1) is 13.8. The maximum absolute atomic E-state index is 4.27. The summed E-state index contributed by atoms with van der Waals surface area (Å²) in [5.41, 5.74) is 2.63. The zero-order valence-electron chi connectivity index (χ0n) is 11.9. The summed E-state index contributed by atoms with van der Waals surface area (Å²) in [5, 5.41) is 2.43. The van der Waals surface area contributed by atoms with Gasteiger partial charge in [-0.25, -0.2) is 0 Å². The summed E-state index contributed by atoms with van der Waals surface area (Å²) in [7, 11) is 0. The summed E-state index contributed by atoms with van der Waals surface area (Å²) in [4.78, 5) is 0. The van der Waals surface area contributed by atoms with Crippen molar-refractivity contribution in [1.29, 1.82) is 0 Å². The van der Waals surface area contributed by atoms with Gasteiger partial charge in [-0.05, 0) is 48.1 Å². The molecule has 0 saturated heterocycles. The molecule has 98 valence electrons. The fourth-order valence-corrected chi connectivity index (χ4v) is 3.45. The van der Waals surface area contributed by atoms with Crippen molar-refractivity contribution < 1.29 is 0 Å². The monoisotopic (exact) mass is 268 g/mol. The number of fused-ring (bicyclic) bond motifs is 1. The number of hydrogen-bond acceptors (Lipinski definition) is 1. The zero-order chi connectivity index (χ0) is 13.8. The van der Waals surface area contributed by atoms with E-state index in [0.29, 0.717) is 0 Å². The first-order valence-electron chi connectivity index (χ1n) is 6.69. The lowest BCUT2D eigenvalue weighted by Crippen LogP contribution is -2.19. The molecule has 1 heterocycles. The summed E-state index contributed by atoms with van der Waals surface area (Å²) in [6.07, 6.45) is 7.61. The van der Waals surface area contributed by atoms with Crippen LogP contribution in [0.3, 0.4) is 0 Å². The molecule has 0 aliphatic carbocycles. The van der Waals surface area contributed by atoms with Gasteiger partial charge in [-0.2, -0.15) is 0 Å². The Hall–Kier alpha value is -1.60. The third kappa shape index (κ3) is 2.71. The molecular formula is C18H20S. The SMILES string of the molecule is C=c1/c(=C(C)/C(/C=C\C)=C/CC)sc2ccccc12. The molecule has 0 atom stereocenters. The van der Waals surface area contributed by atoms with Crippen LogP contribution in [0.4, 0.5) is 0 Å². The number of hydrogen-bond donors (Lipinski definition) is 0. The van der Waals surface area contributed by atoms with Crippen molar-refractivity contribution in [2.24, 2.45) is 0 Å². The predicted molar refractivity (Wildman–Crippen MR) is 88.9 cm³/mol. The highest BCUT2D eigenvalue weighted by molar-refractivity contribution is 7.17. The number of benzene rings is 1. The average Bonchev–Trinajstić information content (AvgIpc) is 2.76. The van der Waals surface area contributed by atoms with Crippen molar-refractivity contribution >= 4 is 33.6 Å². The Morgan fingerprint density at radius 2 is 2.05 bits per heavy atom. The van der Waals surface area contributed by atoms with Crippen LogP contribution in [0.5, 0.6) is 0 Å². The Bertz CT molecular complexity index is 742. The van der Waals surface area contributed by atoms with Crippen LogP contribution in [0.15, 0.2) is 48.1 Å². The molecule has 0 bridgehead atoms. The van der Waals surface area contributed by atoms with E-state index in [4.69, 9.17) is 0 Å². The molecule has 0 nitrogen and oxygen atoms in total.